The van der Waals surface area contributed by atoms with Crippen LogP contribution in [0.5, 0.6) is 0 Å². The minimum atomic E-state index is 0.595. The van der Waals surface area contributed by atoms with Crippen molar-refractivity contribution in [3.05, 3.63) is 11.3 Å². The first-order valence-electron chi connectivity index (χ1n) is 4.33. The zero-order valence-electron chi connectivity index (χ0n) is 7.01. The molecule has 1 unspecified atom stereocenters. The summed E-state index contributed by atoms with van der Waals surface area (Å²) in [5.41, 5.74) is 13.7. The molecule has 0 saturated heterocycles. The highest BCUT2D eigenvalue weighted by Gasteiger charge is 2.21. The highest BCUT2D eigenvalue weighted by atomic mass is 15.2. The first-order chi connectivity index (χ1) is 5.81. The van der Waals surface area contributed by atoms with Gasteiger partial charge in [0.1, 0.15) is 5.82 Å². The van der Waals surface area contributed by atoms with Crippen LogP contribution in [0, 0.1) is 5.92 Å². The number of H-pyrrole nitrogens is 1. The minimum absolute atomic E-state index is 0.595. The molecule has 12 heavy (non-hydrogen) atoms. The molecule has 0 fully saturated rings. The van der Waals surface area contributed by atoms with Gasteiger partial charge in [-0.25, -0.2) is 0 Å². The normalized spacial score (nSPS) is 22.2. The minimum Gasteiger partial charge on any atom is -0.382 e. The lowest BCUT2D eigenvalue weighted by Gasteiger charge is -2.19. The van der Waals surface area contributed by atoms with Crippen molar-refractivity contribution < 1.29 is 0 Å². The van der Waals surface area contributed by atoms with Crippen LogP contribution in [0.2, 0.25) is 0 Å². The number of nitrogens with one attached hydrogen (secondary N) is 1. The fraction of sp³-hybridized carbons (Fsp3) is 0.625. The summed E-state index contributed by atoms with van der Waals surface area (Å²) in [6.45, 7) is 0.754. The Morgan fingerprint density at radius 3 is 3.17 bits per heavy atom. The van der Waals surface area contributed by atoms with E-state index in [4.69, 9.17) is 11.5 Å². The molecular weight excluding hydrogens is 152 g/mol. The topological polar surface area (TPSA) is 80.7 Å². The number of fused-ring (bicyclic) bond motifs is 1. The van der Waals surface area contributed by atoms with E-state index in [1.807, 2.05) is 0 Å². The number of nitrogens with two attached hydrogens (primary N) is 2. The molecule has 0 saturated carbocycles. The molecule has 0 radical (unpaired) electrons. The molecule has 4 heteroatoms. The first kappa shape index (κ1) is 7.61. The summed E-state index contributed by atoms with van der Waals surface area (Å²) < 4.78 is 0. The van der Waals surface area contributed by atoms with E-state index in [0.29, 0.717) is 11.7 Å². The van der Waals surface area contributed by atoms with Crippen LogP contribution >= 0.6 is 0 Å². The number of aromatic amines is 1. The molecule has 5 N–H and O–H groups in total. The number of nitrogens with zero attached hydrogens (tertiary/aromatic N) is 1. The average molecular weight is 166 g/mol. The molecule has 0 bridgehead atoms. The van der Waals surface area contributed by atoms with Crippen LogP contribution in [0.4, 0.5) is 5.82 Å². The molecule has 2 rings (SSSR count). The highest BCUT2D eigenvalue weighted by molar-refractivity contribution is 5.43. The lowest BCUT2D eigenvalue weighted by molar-refractivity contribution is 0.467. The standard InChI is InChI=1S/C8H14N4/c9-4-5-1-2-7-6(3-5)8(10)12-11-7/h5H,1-4,9H2,(H3,10,11,12). The van der Waals surface area contributed by atoms with E-state index in [-0.39, 0.29) is 0 Å². The van der Waals surface area contributed by atoms with Gasteiger partial charge in [-0.2, -0.15) is 5.10 Å². The molecule has 1 atom stereocenters. The highest BCUT2D eigenvalue weighted by Crippen LogP contribution is 2.26. The fourth-order valence-corrected chi connectivity index (χ4v) is 1.79. The van der Waals surface area contributed by atoms with E-state index in [0.717, 1.165) is 25.8 Å². The largest absolute Gasteiger partial charge is 0.382 e. The third kappa shape index (κ3) is 1.08. The van der Waals surface area contributed by atoms with Crippen LogP contribution in [0.15, 0.2) is 0 Å². The van der Waals surface area contributed by atoms with Crippen LogP contribution in [0.3, 0.4) is 0 Å². The van der Waals surface area contributed by atoms with Gasteiger partial charge in [-0.1, -0.05) is 0 Å². The number of aromatic nitrogens is 2. The quantitative estimate of drug-likeness (QED) is 0.551. The zero-order valence-corrected chi connectivity index (χ0v) is 7.01. The van der Waals surface area contributed by atoms with Gasteiger partial charge >= 0.3 is 0 Å². The van der Waals surface area contributed by atoms with Crippen molar-refractivity contribution in [3.8, 4) is 0 Å². The van der Waals surface area contributed by atoms with Crippen molar-refractivity contribution in [1.29, 1.82) is 0 Å². The van der Waals surface area contributed by atoms with Gasteiger partial charge in [0.05, 0.1) is 0 Å². The fourth-order valence-electron chi connectivity index (χ4n) is 1.79. The van der Waals surface area contributed by atoms with E-state index in [2.05, 4.69) is 10.2 Å². The Labute approximate surface area is 71.3 Å². The Bertz CT molecular complexity index is 279. The van der Waals surface area contributed by atoms with E-state index < -0.39 is 0 Å². The molecule has 1 aromatic heterocycles. The van der Waals surface area contributed by atoms with Gasteiger partial charge in [-0.15, -0.1) is 0 Å². The van der Waals surface area contributed by atoms with Gasteiger partial charge in [0, 0.05) is 11.3 Å². The smallest absolute Gasteiger partial charge is 0.148 e. The predicted molar refractivity (Wildman–Crippen MR) is 47.6 cm³/mol. The second kappa shape index (κ2) is 2.79. The van der Waals surface area contributed by atoms with Crippen LogP contribution < -0.4 is 11.5 Å². The summed E-state index contributed by atoms with van der Waals surface area (Å²) >= 11 is 0. The van der Waals surface area contributed by atoms with Crippen LogP contribution in [0.1, 0.15) is 17.7 Å². The van der Waals surface area contributed by atoms with Gasteiger partial charge in [0.25, 0.3) is 0 Å². The monoisotopic (exact) mass is 166 g/mol. The summed E-state index contributed by atoms with van der Waals surface area (Å²) in [7, 11) is 0. The summed E-state index contributed by atoms with van der Waals surface area (Å²) in [5, 5.41) is 6.93. The Morgan fingerprint density at radius 1 is 1.58 bits per heavy atom. The number of anilines is 1. The number of rotatable bonds is 1. The molecule has 0 aromatic carbocycles. The Morgan fingerprint density at radius 2 is 2.42 bits per heavy atom. The van der Waals surface area contributed by atoms with Crippen LogP contribution in [0.25, 0.3) is 0 Å². The van der Waals surface area contributed by atoms with Gasteiger partial charge in [0.15, 0.2) is 0 Å². The van der Waals surface area contributed by atoms with Gasteiger partial charge < -0.3 is 11.5 Å². The molecule has 1 heterocycles. The van der Waals surface area contributed by atoms with E-state index >= 15 is 0 Å². The lowest BCUT2D eigenvalue weighted by Crippen LogP contribution is -2.22. The molecule has 1 aliphatic rings. The maximum absolute atomic E-state index is 5.70. The maximum atomic E-state index is 5.70. The second-order valence-corrected chi connectivity index (χ2v) is 3.41. The van der Waals surface area contributed by atoms with E-state index in [1.165, 1.54) is 11.3 Å². The van der Waals surface area contributed by atoms with Crippen molar-refractivity contribution in [3.63, 3.8) is 0 Å². The molecule has 1 aliphatic carbocycles. The van der Waals surface area contributed by atoms with Gasteiger partial charge in [-0.05, 0) is 31.7 Å². The van der Waals surface area contributed by atoms with Crippen molar-refractivity contribution in [1.82, 2.24) is 10.2 Å². The van der Waals surface area contributed by atoms with Crippen molar-refractivity contribution in [2.45, 2.75) is 19.3 Å². The van der Waals surface area contributed by atoms with Crippen molar-refractivity contribution in [2.75, 3.05) is 12.3 Å². The maximum Gasteiger partial charge on any atom is 0.148 e. The zero-order chi connectivity index (χ0) is 8.55. The summed E-state index contributed by atoms with van der Waals surface area (Å²) in [4.78, 5) is 0. The van der Waals surface area contributed by atoms with Crippen molar-refractivity contribution >= 4 is 5.82 Å². The van der Waals surface area contributed by atoms with Crippen LogP contribution in [-0.4, -0.2) is 16.7 Å². The number of nitrogen functional groups attached to an aromatic ring is 1. The predicted octanol–water partition coefficient (Wildman–Crippen LogP) is 0.0555. The number of hydrogen-bond acceptors (Lipinski definition) is 3. The SMILES string of the molecule is NCC1CCc2[nH]nc(N)c2C1. The molecule has 4 nitrogen and oxygen atoms in total. The summed E-state index contributed by atoms with van der Waals surface area (Å²) in [6.07, 6.45) is 3.20. The second-order valence-electron chi connectivity index (χ2n) is 3.41. The van der Waals surface area contributed by atoms with Crippen LogP contribution in [-0.2, 0) is 12.8 Å². The van der Waals surface area contributed by atoms with E-state index in [1.54, 1.807) is 0 Å². The molecule has 0 amide bonds. The Balaban J connectivity index is 2.26. The third-order valence-corrected chi connectivity index (χ3v) is 2.61. The average Bonchev–Trinajstić information content (AvgIpc) is 2.47. The molecule has 0 aliphatic heterocycles. The molecule has 0 spiro atoms. The molecule has 66 valence electrons. The van der Waals surface area contributed by atoms with Gasteiger partial charge in [0.2, 0.25) is 0 Å². The third-order valence-electron chi connectivity index (χ3n) is 2.61. The molecular formula is C8H14N4. The van der Waals surface area contributed by atoms with Crippen molar-refractivity contribution in [2.24, 2.45) is 11.7 Å². The number of aryl methyl sites for hydroxylation is 1. The van der Waals surface area contributed by atoms with E-state index in [9.17, 15) is 0 Å². The lowest BCUT2D eigenvalue weighted by atomic mass is 9.87. The molecule has 1 aromatic rings. The summed E-state index contributed by atoms with van der Waals surface area (Å²) in [5.74, 6) is 1.25. The summed E-state index contributed by atoms with van der Waals surface area (Å²) in [6, 6.07) is 0. The Hall–Kier alpha value is -1.03. The first-order valence-corrected chi connectivity index (χ1v) is 4.33. The Kier molecular flexibility index (Phi) is 1.77. The number of hydrogen-bond donors (Lipinski definition) is 3. The van der Waals surface area contributed by atoms with Gasteiger partial charge in [-0.3, -0.25) is 5.10 Å².